The maximum absolute atomic E-state index is 12.2. The first-order valence-corrected chi connectivity index (χ1v) is 8.05. The SMILES string of the molecule is CCCCCCC(=O)NCCCC[C@](N)(OC)OC(=O)C(F)(F)F. The van der Waals surface area contributed by atoms with Crippen LogP contribution in [0, 0.1) is 0 Å². The predicted molar refractivity (Wildman–Crippen MR) is 81.7 cm³/mol. The third kappa shape index (κ3) is 10.4. The van der Waals surface area contributed by atoms with Gasteiger partial charge in [0.25, 0.3) is 5.91 Å². The van der Waals surface area contributed by atoms with Gasteiger partial charge in [-0.25, -0.2) is 4.79 Å². The van der Waals surface area contributed by atoms with Gasteiger partial charge in [-0.1, -0.05) is 26.2 Å². The van der Waals surface area contributed by atoms with E-state index in [-0.39, 0.29) is 12.3 Å². The van der Waals surface area contributed by atoms with E-state index < -0.39 is 18.1 Å². The molecule has 1 atom stereocenters. The molecular formula is C15H27F3N2O4. The zero-order valence-corrected chi connectivity index (χ0v) is 14.2. The van der Waals surface area contributed by atoms with E-state index in [0.29, 0.717) is 25.8 Å². The molecule has 0 bridgehead atoms. The number of amides is 1. The van der Waals surface area contributed by atoms with Gasteiger partial charge in [-0.05, 0) is 19.3 Å². The Labute approximate surface area is 140 Å². The van der Waals surface area contributed by atoms with Gasteiger partial charge < -0.3 is 14.8 Å². The molecule has 0 aliphatic rings. The second kappa shape index (κ2) is 11.2. The van der Waals surface area contributed by atoms with E-state index >= 15 is 0 Å². The Bertz CT molecular complexity index is 391. The topological polar surface area (TPSA) is 90.7 Å². The van der Waals surface area contributed by atoms with Crippen molar-refractivity contribution in [2.45, 2.75) is 70.4 Å². The van der Waals surface area contributed by atoms with Crippen molar-refractivity contribution < 1.29 is 32.2 Å². The quantitative estimate of drug-likeness (QED) is 0.319. The normalized spacial score (nSPS) is 14.1. The van der Waals surface area contributed by atoms with Crippen molar-refractivity contribution in [1.29, 1.82) is 0 Å². The molecule has 0 saturated carbocycles. The Morgan fingerprint density at radius 3 is 2.29 bits per heavy atom. The van der Waals surface area contributed by atoms with E-state index in [1.807, 2.05) is 0 Å². The summed E-state index contributed by atoms with van der Waals surface area (Å²) in [5, 5.41) is 2.72. The molecule has 1 amide bonds. The summed E-state index contributed by atoms with van der Waals surface area (Å²) in [5.74, 6) is -4.58. The fourth-order valence-corrected chi connectivity index (χ4v) is 1.93. The number of hydrogen-bond donors (Lipinski definition) is 2. The Hall–Kier alpha value is -1.35. The molecule has 6 nitrogen and oxygen atoms in total. The zero-order valence-electron chi connectivity index (χ0n) is 14.2. The summed E-state index contributed by atoms with van der Waals surface area (Å²) in [7, 11) is 1.06. The number of unbranched alkanes of at least 4 members (excludes halogenated alkanes) is 4. The molecule has 24 heavy (non-hydrogen) atoms. The van der Waals surface area contributed by atoms with Gasteiger partial charge in [0.1, 0.15) is 0 Å². The lowest BCUT2D eigenvalue weighted by Gasteiger charge is -2.27. The van der Waals surface area contributed by atoms with Crippen molar-refractivity contribution in [3.8, 4) is 0 Å². The van der Waals surface area contributed by atoms with Crippen LogP contribution < -0.4 is 11.1 Å². The third-order valence-electron chi connectivity index (χ3n) is 3.37. The lowest BCUT2D eigenvalue weighted by Crippen LogP contribution is -2.49. The van der Waals surface area contributed by atoms with Gasteiger partial charge in [-0.3, -0.25) is 10.5 Å². The lowest BCUT2D eigenvalue weighted by molar-refractivity contribution is -0.256. The van der Waals surface area contributed by atoms with Gasteiger partial charge >= 0.3 is 12.1 Å². The first kappa shape index (κ1) is 22.6. The van der Waals surface area contributed by atoms with Crippen LogP contribution in [0.3, 0.4) is 0 Å². The average Bonchev–Trinajstić information content (AvgIpc) is 2.50. The van der Waals surface area contributed by atoms with E-state index in [9.17, 15) is 22.8 Å². The van der Waals surface area contributed by atoms with E-state index in [2.05, 4.69) is 21.7 Å². The summed E-state index contributed by atoms with van der Waals surface area (Å²) in [6.07, 6.45) is 0.0634. The molecule has 0 aromatic carbocycles. The molecule has 3 N–H and O–H groups in total. The van der Waals surface area contributed by atoms with Crippen molar-refractivity contribution in [2.24, 2.45) is 5.73 Å². The van der Waals surface area contributed by atoms with Crippen LogP contribution >= 0.6 is 0 Å². The van der Waals surface area contributed by atoms with Gasteiger partial charge in [-0.2, -0.15) is 13.2 Å². The van der Waals surface area contributed by atoms with Crippen LogP contribution in [0.4, 0.5) is 13.2 Å². The van der Waals surface area contributed by atoms with Crippen LogP contribution in [0.15, 0.2) is 0 Å². The molecule has 0 rings (SSSR count). The molecular weight excluding hydrogens is 329 g/mol. The molecule has 0 aromatic rings. The summed E-state index contributed by atoms with van der Waals surface area (Å²) in [4.78, 5) is 22.3. The molecule has 0 radical (unpaired) electrons. The number of ether oxygens (including phenoxy) is 2. The van der Waals surface area contributed by atoms with Crippen LogP contribution in [0.5, 0.6) is 0 Å². The third-order valence-corrected chi connectivity index (χ3v) is 3.37. The number of rotatable bonds is 12. The molecule has 9 heteroatoms. The number of alkyl halides is 3. The number of carbonyl (C=O) groups excluding carboxylic acids is 2. The molecule has 0 heterocycles. The van der Waals surface area contributed by atoms with Gasteiger partial charge in [0.05, 0.1) is 0 Å². The van der Waals surface area contributed by atoms with Gasteiger partial charge in [0.2, 0.25) is 5.91 Å². The highest BCUT2D eigenvalue weighted by molar-refractivity contribution is 5.76. The van der Waals surface area contributed by atoms with Crippen LogP contribution in [0.25, 0.3) is 0 Å². The minimum atomic E-state index is -5.13. The van der Waals surface area contributed by atoms with Gasteiger partial charge in [-0.15, -0.1) is 0 Å². The molecule has 0 fully saturated rings. The van der Waals surface area contributed by atoms with E-state index in [4.69, 9.17) is 5.73 Å². The maximum atomic E-state index is 12.2. The first-order chi connectivity index (χ1) is 11.1. The van der Waals surface area contributed by atoms with E-state index in [1.54, 1.807) is 0 Å². The maximum Gasteiger partial charge on any atom is 0.491 e. The van der Waals surface area contributed by atoms with Crippen molar-refractivity contribution >= 4 is 11.9 Å². The van der Waals surface area contributed by atoms with Crippen LogP contribution in [-0.4, -0.2) is 37.6 Å². The molecule has 142 valence electrons. The van der Waals surface area contributed by atoms with Crippen LogP contribution in [-0.2, 0) is 19.1 Å². The number of methoxy groups -OCH3 is 1. The highest BCUT2D eigenvalue weighted by Gasteiger charge is 2.45. The number of carbonyl (C=O) groups is 2. The summed E-state index contributed by atoms with van der Waals surface area (Å²) < 4.78 is 45.3. The minimum Gasteiger partial charge on any atom is -0.412 e. The molecule has 0 aliphatic carbocycles. The molecule has 0 unspecified atom stereocenters. The fourth-order valence-electron chi connectivity index (χ4n) is 1.93. The second-order valence-corrected chi connectivity index (χ2v) is 5.52. The monoisotopic (exact) mass is 356 g/mol. The van der Waals surface area contributed by atoms with Crippen molar-refractivity contribution in [3.05, 3.63) is 0 Å². The van der Waals surface area contributed by atoms with Crippen molar-refractivity contribution in [3.63, 3.8) is 0 Å². The number of nitrogens with two attached hydrogens (primary N) is 1. The van der Waals surface area contributed by atoms with Gasteiger partial charge in [0, 0.05) is 26.5 Å². The summed E-state index contributed by atoms with van der Waals surface area (Å²) in [5.41, 5.74) is 5.48. The van der Waals surface area contributed by atoms with Crippen LogP contribution in [0.2, 0.25) is 0 Å². The molecule has 0 aliphatic heterocycles. The van der Waals surface area contributed by atoms with Crippen LogP contribution in [0.1, 0.15) is 58.3 Å². The first-order valence-electron chi connectivity index (χ1n) is 8.05. The highest BCUT2D eigenvalue weighted by Crippen LogP contribution is 2.22. The number of halogens is 3. The Balaban J connectivity index is 3.94. The Morgan fingerprint density at radius 1 is 1.08 bits per heavy atom. The predicted octanol–water partition coefficient (Wildman–Crippen LogP) is 2.61. The number of esters is 1. The summed E-state index contributed by atoms with van der Waals surface area (Å²) in [6, 6.07) is 0. The Kier molecular flexibility index (Phi) is 10.6. The standard InChI is InChI=1S/C15H27F3N2O4/c1-3-4-5-6-9-12(21)20-11-8-7-10-14(19,23-2)24-13(22)15(16,17)18/h3-11,19H2,1-2H3,(H,20,21)/t14-/m0/s1. The Morgan fingerprint density at radius 2 is 1.75 bits per heavy atom. The average molecular weight is 356 g/mol. The second-order valence-electron chi connectivity index (χ2n) is 5.52. The largest absolute Gasteiger partial charge is 0.491 e. The number of nitrogens with one attached hydrogen (secondary N) is 1. The van der Waals surface area contributed by atoms with E-state index in [1.165, 1.54) is 0 Å². The summed E-state index contributed by atoms with van der Waals surface area (Å²) in [6.45, 7) is 2.46. The van der Waals surface area contributed by atoms with E-state index in [0.717, 1.165) is 32.8 Å². The molecule has 0 saturated heterocycles. The smallest absolute Gasteiger partial charge is 0.412 e. The summed E-state index contributed by atoms with van der Waals surface area (Å²) >= 11 is 0. The molecule has 0 spiro atoms. The highest BCUT2D eigenvalue weighted by atomic mass is 19.4. The van der Waals surface area contributed by atoms with Crippen molar-refractivity contribution in [1.82, 2.24) is 5.32 Å². The van der Waals surface area contributed by atoms with Gasteiger partial charge in [0.15, 0.2) is 0 Å². The number of hydrogen-bond acceptors (Lipinski definition) is 5. The molecule has 0 aromatic heterocycles. The van der Waals surface area contributed by atoms with Crippen molar-refractivity contribution in [2.75, 3.05) is 13.7 Å². The zero-order chi connectivity index (χ0) is 18.6. The lowest BCUT2D eigenvalue weighted by atomic mass is 10.1. The fraction of sp³-hybridized carbons (Fsp3) is 0.867. The minimum absolute atomic E-state index is 0.0552.